The van der Waals surface area contributed by atoms with Crippen LogP contribution in [-0.2, 0) is 19.7 Å². The standard InChI is InChI=1S/C16H28N2O3/c1-4-7-17(8-5-2)11-14-16(21)15(20)10-13(12-19)18(14)9-6-3/h10,19,21H,4-9,11-12H2,1-3H3. The van der Waals surface area contributed by atoms with Gasteiger partial charge in [-0.15, -0.1) is 0 Å². The van der Waals surface area contributed by atoms with E-state index in [1.807, 2.05) is 11.5 Å². The third-order valence-corrected chi connectivity index (χ3v) is 3.54. The summed E-state index contributed by atoms with van der Waals surface area (Å²) in [7, 11) is 0. The highest BCUT2D eigenvalue weighted by molar-refractivity contribution is 5.30. The van der Waals surface area contributed by atoms with Crippen LogP contribution in [0.4, 0.5) is 0 Å². The van der Waals surface area contributed by atoms with E-state index in [9.17, 15) is 15.0 Å². The summed E-state index contributed by atoms with van der Waals surface area (Å²) in [6.07, 6.45) is 2.93. The van der Waals surface area contributed by atoms with Crippen molar-refractivity contribution in [2.45, 2.75) is 59.7 Å². The molecule has 5 nitrogen and oxygen atoms in total. The second-order valence-corrected chi connectivity index (χ2v) is 5.38. The molecule has 1 rings (SSSR count). The highest BCUT2D eigenvalue weighted by Crippen LogP contribution is 2.18. The molecular formula is C16H28N2O3. The molecule has 0 aliphatic heterocycles. The molecule has 0 spiro atoms. The zero-order valence-corrected chi connectivity index (χ0v) is 13.4. The number of nitrogens with zero attached hydrogens (tertiary/aromatic N) is 2. The highest BCUT2D eigenvalue weighted by atomic mass is 16.3. The molecule has 0 amide bonds. The summed E-state index contributed by atoms with van der Waals surface area (Å²) in [5.41, 5.74) is 0.784. The second-order valence-electron chi connectivity index (χ2n) is 5.38. The van der Waals surface area contributed by atoms with E-state index in [1.165, 1.54) is 6.07 Å². The largest absolute Gasteiger partial charge is 0.503 e. The molecule has 2 N–H and O–H groups in total. The Morgan fingerprint density at radius 3 is 2.24 bits per heavy atom. The molecule has 0 aliphatic rings. The lowest BCUT2D eigenvalue weighted by molar-refractivity contribution is 0.243. The Kier molecular flexibility index (Phi) is 7.47. The predicted octanol–water partition coefficient (Wildman–Crippen LogP) is 2.08. The third-order valence-electron chi connectivity index (χ3n) is 3.54. The molecule has 0 unspecified atom stereocenters. The molecule has 0 aliphatic carbocycles. The number of pyridine rings is 1. The van der Waals surface area contributed by atoms with Gasteiger partial charge in [-0.25, -0.2) is 0 Å². The predicted molar refractivity (Wildman–Crippen MR) is 84.4 cm³/mol. The number of rotatable bonds is 9. The summed E-state index contributed by atoms with van der Waals surface area (Å²) in [4.78, 5) is 14.1. The van der Waals surface area contributed by atoms with Crippen molar-refractivity contribution in [1.29, 1.82) is 0 Å². The number of aliphatic hydroxyl groups excluding tert-OH is 1. The van der Waals surface area contributed by atoms with E-state index in [0.29, 0.717) is 24.5 Å². The molecule has 1 heterocycles. The zero-order chi connectivity index (χ0) is 15.8. The number of hydrogen-bond donors (Lipinski definition) is 2. The van der Waals surface area contributed by atoms with Crippen molar-refractivity contribution in [3.8, 4) is 5.75 Å². The van der Waals surface area contributed by atoms with E-state index < -0.39 is 5.43 Å². The summed E-state index contributed by atoms with van der Waals surface area (Å²) in [5, 5.41) is 19.6. The van der Waals surface area contributed by atoms with Gasteiger partial charge in [0.25, 0.3) is 0 Å². The first-order valence-electron chi connectivity index (χ1n) is 7.86. The molecule has 120 valence electrons. The minimum absolute atomic E-state index is 0.183. The third kappa shape index (κ3) is 4.58. The van der Waals surface area contributed by atoms with Gasteiger partial charge in [0.15, 0.2) is 5.75 Å². The van der Waals surface area contributed by atoms with Crippen LogP contribution in [0.5, 0.6) is 5.75 Å². The average molecular weight is 296 g/mol. The lowest BCUT2D eigenvalue weighted by Gasteiger charge is -2.25. The summed E-state index contributed by atoms with van der Waals surface area (Å²) in [5.74, 6) is -0.183. The van der Waals surface area contributed by atoms with Crippen LogP contribution in [0.3, 0.4) is 0 Å². The fourth-order valence-corrected chi connectivity index (χ4v) is 2.65. The summed E-state index contributed by atoms with van der Waals surface area (Å²) >= 11 is 0. The van der Waals surface area contributed by atoms with Gasteiger partial charge in [-0.1, -0.05) is 20.8 Å². The maximum atomic E-state index is 11.9. The molecule has 0 radical (unpaired) electrons. The molecule has 5 heteroatoms. The van der Waals surface area contributed by atoms with Gasteiger partial charge in [-0.2, -0.15) is 0 Å². The van der Waals surface area contributed by atoms with Crippen molar-refractivity contribution >= 4 is 0 Å². The van der Waals surface area contributed by atoms with E-state index in [1.54, 1.807) is 0 Å². The van der Waals surface area contributed by atoms with Crippen molar-refractivity contribution in [3.05, 3.63) is 27.7 Å². The van der Waals surface area contributed by atoms with Gasteiger partial charge in [0.05, 0.1) is 12.3 Å². The molecule has 0 fully saturated rings. The van der Waals surface area contributed by atoms with Crippen molar-refractivity contribution in [1.82, 2.24) is 9.47 Å². The van der Waals surface area contributed by atoms with Crippen LogP contribution in [0.1, 0.15) is 51.4 Å². The minimum Gasteiger partial charge on any atom is -0.503 e. The van der Waals surface area contributed by atoms with E-state index in [2.05, 4.69) is 18.7 Å². The lowest BCUT2D eigenvalue weighted by Crippen LogP contribution is -2.29. The topological polar surface area (TPSA) is 65.7 Å². The van der Waals surface area contributed by atoms with Crippen LogP contribution >= 0.6 is 0 Å². The van der Waals surface area contributed by atoms with Crippen LogP contribution in [0.15, 0.2) is 10.9 Å². The molecule has 0 atom stereocenters. The molecule has 0 aromatic carbocycles. The minimum atomic E-state index is -0.408. The maximum absolute atomic E-state index is 11.9. The number of hydrogen-bond acceptors (Lipinski definition) is 4. The fraction of sp³-hybridized carbons (Fsp3) is 0.688. The van der Waals surface area contributed by atoms with Crippen LogP contribution < -0.4 is 5.43 Å². The summed E-state index contributed by atoms with van der Waals surface area (Å²) < 4.78 is 1.88. The Hall–Kier alpha value is -1.33. The van der Waals surface area contributed by atoms with Gasteiger partial charge >= 0.3 is 0 Å². The van der Waals surface area contributed by atoms with E-state index >= 15 is 0 Å². The number of aromatic nitrogens is 1. The first-order valence-corrected chi connectivity index (χ1v) is 7.86. The van der Waals surface area contributed by atoms with Gasteiger partial charge < -0.3 is 14.8 Å². The van der Waals surface area contributed by atoms with Crippen LogP contribution in [0.2, 0.25) is 0 Å². The Labute approximate surface area is 126 Å². The van der Waals surface area contributed by atoms with E-state index in [0.717, 1.165) is 32.4 Å². The number of aliphatic hydroxyl groups is 1. The van der Waals surface area contributed by atoms with Crippen LogP contribution in [-0.4, -0.2) is 32.8 Å². The quantitative estimate of drug-likeness (QED) is 0.732. The maximum Gasteiger partial charge on any atom is 0.223 e. The lowest BCUT2D eigenvalue weighted by atomic mass is 10.2. The van der Waals surface area contributed by atoms with E-state index in [-0.39, 0.29) is 12.4 Å². The van der Waals surface area contributed by atoms with Gasteiger partial charge in [-0.3, -0.25) is 9.69 Å². The first kappa shape index (κ1) is 17.7. The Morgan fingerprint density at radius 1 is 1.14 bits per heavy atom. The van der Waals surface area contributed by atoms with Gasteiger partial charge in [0.2, 0.25) is 5.43 Å². The Morgan fingerprint density at radius 2 is 1.76 bits per heavy atom. The smallest absolute Gasteiger partial charge is 0.223 e. The zero-order valence-electron chi connectivity index (χ0n) is 13.4. The molecular weight excluding hydrogens is 268 g/mol. The van der Waals surface area contributed by atoms with E-state index in [4.69, 9.17) is 0 Å². The second kappa shape index (κ2) is 8.85. The SMILES string of the molecule is CCCN(CCC)Cc1c(O)c(=O)cc(CO)n1CCC. The summed E-state index contributed by atoms with van der Waals surface area (Å²) in [6, 6.07) is 1.33. The van der Waals surface area contributed by atoms with Crippen LogP contribution in [0, 0.1) is 0 Å². The van der Waals surface area contributed by atoms with Crippen molar-refractivity contribution in [2.24, 2.45) is 0 Å². The molecule has 0 saturated heterocycles. The highest BCUT2D eigenvalue weighted by Gasteiger charge is 2.16. The fourth-order valence-electron chi connectivity index (χ4n) is 2.65. The Balaban J connectivity index is 3.23. The first-order chi connectivity index (χ1) is 10.1. The van der Waals surface area contributed by atoms with Crippen molar-refractivity contribution in [3.63, 3.8) is 0 Å². The molecule has 21 heavy (non-hydrogen) atoms. The molecule has 0 saturated carbocycles. The van der Waals surface area contributed by atoms with Gasteiger partial charge in [-0.05, 0) is 32.4 Å². The van der Waals surface area contributed by atoms with Crippen LogP contribution in [0.25, 0.3) is 0 Å². The average Bonchev–Trinajstić information content (AvgIpc) is 2.47. The molecule has 0 bridgehead atoms. The van der Waals surface area contributed by atoms with Crippen molar-refractivity contribution in [2.75, 3.05) is 13.1 Å². The monoisotopic (exact) mass is 296 g/mol. The number of aromatic hydroxyl groups is 1. The van der Waals surface area contributed by atoms with Crippen molar-refractivity contribution < 1.29 is 10.2 Å². The molecule has 1 aromatic rings. The Bertz CT molecular complexity index is 491. The van der Waals surface area contributed by atoms with Gasteiger partial charge in [0.1, 0.15) is 0 Å². The normalized spacial score (nSPS) is 11.3. The molecule has 1 aromatic heterocycles. The summed E-state index contributed by atoms with van der Waals surface area (Å²) in [6.45, 7) is 9.16. The van der Waals surface area contributed by atoms with Gasteiger partial charge in [0, 0.05) is 24.8 Å².